The second-order valence-electron chi connectivity index (χ2n) is 5.39. The Labute approximate surface area is 98.3 Å². The van der Waals surface area contributed by atoms with Crippen molar-refractivity contribution in [3.05, 3.63) is 35.9 Å². The van der Waals surface area contributed by atoms with Crippen molar-refractivity contribution < 1.29 is 0 Å². The molecule has 0 heterocycles. The summed E-state index contributed by atoms with van der Waals surface area (Å²) in [5.41, 5.74) is 1.41. The highest BCUT2D eigenvalue weighted by molar-refractivity contribution is 5.14. The van der Waals surface area contributed by atoms with Crippen LogP contribution in [0.1, 0.15) is 31.2 Å². The van der Waals surface area contributed by atoms with Crippen LogP contribution in [0.25, 0.3) is 0 Å². The first kappa shape index (κ1) is 10.3. The van der Waals surface area contributed by atoms with Crippen molar-refractivity contribution in [2.24, 2.45) is 17.8 Å². The summed E-state index contributed by atoms with van der Waals surface area (Å²) in [5, 5.41) is 3.62. The number of hydrogen-bond donors (Lipinski definition) is 1. The number of rotatable bonds is 4. The second kappa shape index (κ2) is 4.58. The summed E-state index contributed by atoms with van der Waals surface area (Å²) >= 11 is 0. The molecule has 1 aromatic carbocycles. The van der Waals surface area contributed by atoms with Gasteiger partial charge in [0.2, 0.25) is 0 Å². The van der Waals surface area contributed by atoms with Crippen molar-refractivity contribution >= 4 is 0 Å². The van der Waals surface area contributed by atoms with Gasteiger partial charge in [-0.25, -0.2) is 0 Å². The van der Waals surface area contributed by atoms with Crippen LogP contribution in [0.5, 0.6) is 0 Å². The van der Waals surface area contributed by atoms with Gasteiger partial charge in [-0.3, -0.25) is 0 Å². The third-order valence-electron chi connectivity index (χ3n) is 4.39. The Morgan fingerprint density at radius 1 is 1.00 bits per heavy atom. The molecule has 1 N–H and O–H groups in total. The number of nitrogens with one attached hydrogen (secondary N) is 1. The molecule has 0 aliphatic heterocycles. The van der Waals surface area contributed by atoms with Gasteiger partial charge in [-0.15, -0.1) is 0 Å². The van der Waals surface area contributed by atoms with E-state index in [-0.39, 0.29) is 0 Å². The molecule has 2 aliphatic carbocycles. The SMILES string of the molecule is c1ccc(CNCC2C3CCCCC32)cc1. The molecule has 0 radical (unpaired) electrons. The van der Waals surface area contributed by atoms with E-state index < -0.39 is 0 Å². The first-order valence-corrected chi connectivity index (χ1v) is 6.70. The highest BCUT2D eigenvalue weighted by atomic mass is 14.9. The highest BCUT2D eigenvalue weighted by Gasteiger charge is 2.49. The van der Waals surface area contributed by atoms with Crippen molar-refractivity contribution in [2.75, 3.05) is 6.54 Å². The van der Waals surface area contributed by atoms with Crippen molar-refractivity contribution in [2.45, 2.75) is 32.2 Å². The van der Waals surface area contributed by atoms with Gasteiger partial charge in [0.05, 0.1) is 0 Å². The predicted octanol–water partition coefficient (Wildman–Crippen LogP) is 3.21. The maximum atomic E-state index is 3.62. The molecule has 86 valence electrons. The molecule has 0 spiro atoms. The van der Waals surface area contributed by atoms with Crippen LogP contribution in [0.4, 0.5) is 0 Å². The van der Waals surface area contributed by atoms with E-state index in [4.69, 9.17) is 0 Å². The maximum Gasteiger partial charge on any atom is 0.0205 e. The van der Waals surface area contributed by atoms with Gasteiger partial charge in [0, 0.05) is 6.54 Å². The third kappa shape index (κ3) is 2.15. The summed E-state index contributed by atoms with van der Waals surface area (Å²) in [7, 11) is 0. The van der Waals surface area contributed by atoms with Gasteiger partial charge in [0.25, 0.3) is 0 Å². The largest absolute Gasteiger partial charge is 0.312 e. The molecule has 2 saturated carbocycles. The number of fused-ring (bicyclic) bond motifs is 1. The molecule has 1 nitrogen and oxygen atoms in total. The zero-order valence-electron chi connectivity index (χ0n) is 9.86. The van der Waals surface area contributed by atoms with Crippen LogP contribution in [0.2, 0.25) is 0 Å². The Morgan fingerprint density at radius 2 is 1.69 bits per heavy atom. The first-order valence-electron chi connectivity index (χ1n) is 6.70. The van der Waals surface area contributed by atoms with Gasteiger partial charge in [-0.2, -0.15) is 0 Å². The van der Waals surface area contributed by atoms with E-state index in [9.17, 15) is 0 Å². The average Bonchev–Trinajstić information content (AvgIpc) is 3.05. The summed E-state index contributed by atoms with van der Waals surface area (Å²) in [6, 6.07) is 10.7. The number of hydrogen-bond acceptors (Lipinski definition) is 1. The molecule has 16 heavy (non-hydrogen) atoms. The lowest BCUT2D eigenvalue weighted by Crippen LogP contribution is -2.17. The van der Waals surface area contributed by atoms with Crippen LogP contribution in [-0.4, -0.2) is 6.54 Å². The fourth-order valence-electron chi connectivity index (χ4n) is 3.42. The zero-order valence-corrected chi connectivity index (χ0v) is 9.86. The van der Waals surface area contributed by atoms with Gasteiger partial charge >= 0.3 is 0 Å². The lowest BCUT2D eigenvalue weighted by atomic mass is 10.0. The van der Waals surface area contributed by atoms with Gasteiger partial charge in [0.15, 0.2) is 0 Å². The van der Waals surface area contributed by atoms with E-state index in [1.807, 2.05) is 0 Å². The molecule has 2 atom stereocenters. The first-order chi connectivity index (χ1) is 7.95. The molecular formula is C15H21N. The summed E-state index contributed by atoms with van der Waals surface area (Å²) in [6.07, 6.45) is 5.97. The highest BCUT2D eigenvalue weighted by Crippen LogP contribution is 2.54. The van der Waals surface area contributed by atoms with Crippen LogP contribution in [-0.2, 0) is 6.54 Å². The van der Waals surface area contributed by atoms with Crippen LogP contribution in [0.3, 0.4) is 0 Å². The van der Waals surface area contributed by atoms with Crippen LogP contribution in [0.15, 0.2) is 30.3 Å². The minimum Gasteiger partial charge on any atom is -0.312 e. The summed E-state index contributed by atoms with van der Waals surface area (Å²) in [6.45, 7) is 2.28. The van der Waals surface area contributed by atoms with Crippen molar-refractivity contribution in [1.82, 2.24) is 5.32 Å². The molecule has 1 aromatic rings. The van der Waals surface area contributed by atoms with Crippen molar-refractivity contribution in [3.63, 3.8) is 0 Å². The topological polar surface area (TPSA) is 12.0 Å². The van der Waals surface area contributed by atoms with E-state index in [0.717, 1.165) is 24.3 Å². The Balaban J connectivity index is 1.42. The molecule has 0 saturated heterocycles. The zero-order chi connectivity index (χ0) is 10.8. The standard InChI is InChI=1S/C15H21N/c1-2-6-12(7-3-1)10-16-11-15-13-8-4-5-9-14(13)15/h1-3,6-7,13-16H,4-5,8-11H2. The number of benzene rings is 1. The average molecular weight is 215 g/mol. The van der Waals surface area contributed by atoms with Crippen molar-refractivity contribution in [3.8, 4) is 0 Å². The van der Waals surface area contributed by atoms with Gasteiger partial charge in [-0.1, -0.05) is 43.2 Å². The Morgan fingerprint density at radius 3 is 2.38 bits per heavy atom. The Kier molecular flexibility index (Phi) is 2.96. The van der Waals surface area contributed by atoms with Gasteiger partial charge < -0.3 is 5.32 Å². The molecule has 2 unspecified atom stereocenters. The quantitative estimate of drug-likeness (QED) is 0.813. The minimum absolute atomic E-state index is 1.01. The molecular weight excluding hydrogens is 194 g/mol. The van der Waals surface area contributed by atoms with E-state index >= 15 is 0 Å². The summed E-state index contributed by atoms with van der Waals surface area (Å²) in [5.74, 6) is 3.17. The monoisotopic (exact) mass is 215 g/mol. The molecule has 0 amide bonds. The van der Waals surface area contributed by atoms with E-state index in [2.05, 4.69) is 35.6 Å². The van der Waals surface area contributed by atoms with Crippen LogP contribution >= 0.6 is 0 Å². The van der Waals surface area contributed by atoms with Gasteiger partial charge in [0.1, 0.15) is 0 Å². The lowest BCUT2D eigenvalue weighted by molar-refractivity contribution is 0.480. The Bertz CT molecular complexity index is 321. The molecule has 2 fully saturated rings. The molecule has 0 aromatic heterocycles. The normalized spacial score (nSPS) is 32.1. The molecule has 0 bridgehead atoms. The van der Waals surface area contributed by atoms with E-state index in [0.29, 0.717) is 0 Å². The Hall–Kier alpha value is -0.820. The van der Waals surface area contributed by atoms with Crippen molar-refractivity contribution in [1.29, 1.82) is 0 Å². The van der Waals surface area contributed by atoms with E-state index in [1.54, 1.807) is 0 Å². The van der Waals surface area contributed by atoms with Gasteiger partial charge in [-0.05, 0) is 42.7 Å². The fraction of sp³-hybridized carbons (Fsp3) is 0.600. The molecule has 3 rings (SSSR count). The second-order valence-corrected chi connectivity index (χ2v) is 5.39. The smallest absolute Gasteiger partial charge is 0.0205 e. The lowest BCUT2D eigenvalue weighted by Gasteiger charge is -2.04. The summed E-state index contributed by atoms with van der Waals surface area (Å²) in [4.78, 5) is 0. The third-order valence-corrected chi connectivity index (χ3v) is 4.39. The summed E-state index contributed by atoms with van der Waals surface area (Å²) < 4.78 is 0. The molecule has 2 aliphatic rings. The minimum atomic E-state index is 1.01. The molecule has 1 heteroatoms. The van der Waals surface area contributed by atoms with Crippen LogP contribution < -0.4 is 5.32 Å². The fourth-order valence-corrected chi connectivity index (χ4v) is 3.42. The van der Waals surface area contributed by atoms with E-state index in [1.165, 1.54) is 37.8 Å². The van der Waals surface area contributed by atoms with Crippen LogP contribution in [0, 0.1) is 17.8 Å². The predicted molar refractivity (Wildman–Crippen MR) is 67.1 cm³/mol. The maximum absolute atomic E-state index is 3.62.